The first-order chi connectivity index (χ1) is 11.7. The molecule has 0 atom stereocenters. The van der Waals surface area contributed by atoms with Gasteiger partial charge in [-0.2, -0.15) is 0 Å². The molecule has 25 heavy (non-hydrogen) atoms. The Morgan fingerprint density at radius 3 is 2.92 bits per heavy atom. The predicted octanol–water partition coefficient (Wildman–Crippen LogP) is 2.77. The van der Waals surface area contributed by atoms with E-state index in [0.717, 1.165) is 31.1 Å². The highest BCUT2D eigenvalue weighted by atomic mass is 127. The zero-order valence-electron chi connectivity index (χ0n) is 14.9. The Hall–Kier alpha value is -2.03. The Morgan fingerprint density at radius 1 is 1.36 bits per heavy atom. The number of fused-ring (bicyclic) bond motifs is 1. The van der Waals surface area contributed by atoms with Crippen LogP contribution in [0.2, 0.25) is 0 Å². The highest BCUT2D eigenvalue weighted by Gasteiger charge is 2.09. The molecule has 0 spiro atoms. The van der Waals surface area contributed by atoms with Gasteiger partial charge in [0.05, 0.1) is 6.54 Å². The zero-order chi connectivity index (χ0) is 16.9. The maximum atomic E-state index is 4.38. The highest BCUT2D eigenvalue weighted by molar-refractivity contribution is 14.0. The van der Waals surface area contributed by atoms with Crippen molar-refractivity contribution in [3.63, 3.8) is 0 Å². The van der Waals surface area contributed by atoms with Gasteiger partial charge in [-0.15, -0.1) is 24.0 Å². The molecule has 0 aliphatic carbocycles. The zero-order valence-corrected chi connectivity index (χ0v) is 17.2. The molecule has 134 valence electrons. The lowest BCUT2D eigenvalue weighted by atomic mass is 10.1. The maximum absolute atomic E-state index is 4.38. The van der Waals surface area contributed by atoms with Crippen LogP contribution in [-0.4, -0.2) is 46.0 Å². The van der Waals surface area contributed by atoms with Crippen molar-refractivity contribution < 1.29 is 0 Å². The summed E-state index contributed by atoms with van der Waals surface area (Å²) in [5.41, 5.74) is 3.46. The summed E-state index contributed by atoms with van der Waals surface area (Å²) in [6, 6.07) is 8.26. The van der Waals surface area contributed by atoms with E-state index in [9.17, 15) is 0 Å². The first kappa shape index (κ1) is 19.3. The van der Waals surface area contributed by atoms with E-state index in [-0.39, 0.29) is 24.0 Å². The van der Waals surface area contributed by atoms with E-state index >= 15 is 0 Å². The molecule has 0 aliphatic rings. The fraction of sp³-hybridized carbons (Fsp3) is 0.333. The molecule has 0 aliphatic heterocycles. The van der Waals surface area contributed by atoms with Gasteiger partial charge in [-0.3, -0.25) is 4.99 Å². The van der Waals surface area contributed by atoms with Gasteiger partial charge in [0, 0.05) is 57.4 Å². The lowest BCUT2D eigenvalue weighted by Gasteiger charge is -2.22. The average Bonchev–Trinajstić information content (AvgIpc) is 3.18. The van der Waals surface area contributed by atoms with Crippen molar-refractivity contribution in [3.05, 3.63) is 54.1 Å². The van der Waals surface area contributed by atoms with Crippen LogP contribution in [0.25, 0.3) is 11.0 Å². The number of nitrogens with one attached hydrogen (secondary N) is 2. The van der Waals surface area contributed by atoms with E-state index in [1.165, 1.54) is 16.6 Å². The van der Waals surface area contributed by atoms with Gasteiger partial charge in [-0.25, -0.2) is 4.98 Å². The van der Waals surface area contributed by atoms with Crippen LogP contribution in [0.4, 0.5) is 0 Å². The van der Waals surface area contributed by atoms with E-state index in [1.54, 1.807) is 6.20 Å². The number of guanidine groups is 1. The normalized spacial score (nSPS) is 11.4. The summed E-state index contributed by atoms with van der Waals surface area (Å²) < 4.78 is 2.13. The SMILES string of the molecule is CN=C(NCCc1c[nH]c2ncccc12)N(C)Cc1cccn1C.I. The first-order valence-corrected chi connectivity index (χ1v) is 8.12. The van der Waals surface area contributed by atoms with Crippen LogP contribution in [-0.2, 0) is 20.0 Å². The Balaban J connectivity index is 0.00000225. The number of aliphatic imine (C=N–C) groups is 1. The molecule has 3 rings (SSSR count). The van der Waals surface area contributed by atoms with Crippen molar-refractivity contribution in [1.29, 1.82) is 0 Å². The van der Waals surface area contributed by atoms with Crippen LogP contribution < -0.4 is 5.32 Å². The lowest BCUT2D eigenvalue weighted by molar-refractivity contribution is 0.462. The Bertz CT molecular complexity index is 835. The molecule has 0 bridgehead atoms. The first-order valence-electron chi connectivity index (χ1n) is 8.12. The number of hydrogen-bond acceptors (Lipinski definition) is 2. The minimum absolute atomic E-state index is 0. The van der Waals surface area contributed by atoms with Crippen molar-refractivity contribution in [1.82, 2.24) is 24.8 Å². The summed E-state index contributed by atoms with van der Waals surface area (Å²) in [7, 11) is 5.93. The number of hydrogen-bond donors (Lipinski definition) is 2. The fourth-order valence-corrected chi connectivity index (χ4v) is 2.89. The van der Waals surface area contributed by atoms with E-state index in [0.29, 0.717) is 0 Å². The number of rotatable bonds is 5. The molecular formula is C18H25IN6. The Morgan fingerprint density at radius 2 is 2.20 bits per heavy atom. The second-order valence-corrected chi connectivity index (χ2v) is 5.90. The van der Waals surface area contributed by atoms with Crippen LogP contribution in [0.5, 0.6) is 0 Å². The van der Waals surface area contributed by atoms with Gasteiger partial charge in [0.25, 0.3) is 0 Å². The summed E-state index contributed by atoms with van der Waals surface area (Å²) in [5, 5.41) is 4.62. The molecule has 2 N–H and O–H groups in total. The van der Waals surface area contributed by atoms with Crippen molar-refractivity contribution >= 4 is 41.0 Å². The average molecular weight is 452 g/mol. The van der Waals surface area contributed by atoms with Gasteiger partial charge in [0.1, 0.15) is 5.65 Å². The maximum Gasteiger partial charge on any atom is 0.193 e. The molecule has 0 radical (unpaired) electrons. The van der Waals surface area contributed by atoms with Gasteiger partial charge in [0.15, 0.2) is 5.96 Å². The number of nitrogens with zero attached hydrogens (tertiary/aromatic N) is 4. The summed E-state index contributed by atoms with van der Waals surface area (Å²) in [6.07, 6.45) is 6.82. The molecule has 3 aromatic heterocycles. The number of aryl methyl sites for hydroxylation is 1. The fourth-order valence-electron chi connectivity index (χ4n) is 2.89. The number of aromatic amines is 1. The summed E-state index contributed by atoms with van der Waals surface area (Å²) in [4.78, 5) is 14.1. The molecule has 3 aromatic rings. The molecule has 7 heteroatoms. The molecule has 0 aromatic carbocycles. The summed E-state index contributed by atoms with van der Waals surface area (Å²) in [6.45, 7) is 1.65. The highest BCUT2D eigenvalue weighted by Crippen LogP contribution is 2.15. The number of H-pyrrole nitrogens is 1. The molecule has 0 unspecified atom stereocenters. The number of halogens is 1. The third kappa shape index (κ3) is 4.53. The second-order valence-electron chi connectivity index (χ2n) is 5.90. The Kier molecular flexibility index (Phi) is 6.86. The van der Waals surface area contributed by atoms with Crippen molar-refractivity contribution in [2.75, 3.05) is 20.6 Å². The quantitative estimate of drug-likeness (QED) is 0.356. The van der Waals surface area contributed by atoms with Crippen LogP contribution in [0, 0.1) is 0 Å². The van der Waals surface area contributed by atoms with E-state index in [4.69, 9.17) is 0 Å². The van der Waals surface area contributed by atoms with Crippen molar-refractivity contribution in [2.45, 2.75) is 13.0 Å². The minimum Gasteiger partial charge on any atom is -0.356 e. The predicted molar refractivity (Wildman–Crippen MR) is 113 cm³/mol. The Labute approximate surface area is 165 Å². The van der Waals surface area contributed by atoms with Gasteiger partial charge < -0.3 is 19.8 Å². The summed E-state index contributed by atoms with van der Waals surface area (Å²) in [5.74, 6) is 0.897. The monoisotopic (exact) mass is 452 g/mol. The molecule has 6 nitrogen and oxygen atoms in total. The molecular weight excluding hydrogens is 427 g/mol. The smallest absolute Gasteiger partial charge is 0.193 e. The third-order valence-corrected chi connectivity index (χ3v) is 4.24. The summed E-state index contributed by atoms with van der Waals surface area (Å²) >= 11 is 0. The second kappa shape index (κ2) is 8.89. The lowest BCUT2D eigenvalue weighted by Crippen LogP contribution is -2.39. The van der Waals surface area contributed by atoms with E-state index in [1.807, 2.05) is 19.3 Å². The topological polar surface area (TPSA) is 61.2 Å². The minimum atomic E-state index is 0. The van der Waals surface area contributed by atoms with Crippen molar-refractivity contribution in [2.24, 2.45) is 12.0 Å². The third-order valence-electron chi connectivity index (χ3n) is 4.24. The largest absolute Gasteiger partial charge is 0.356 e. The number of pyridine rings is 1. The van der Waals surface area contributed by atoms with E-state index < -0.39 is 0 Å². The molecule has 3 heterocycles. The van der Waals surface area contributed by atoms with Crippen LogP contribution >= 0.6 is 24.0 Å². The van der Waals surface area contributed by atoms with E-state index in [2.05, 4.69) is 68.2 Å². The standard InChI is InChI=1S/C18H24N6.HI/c1-19-18(24(3)13-15-6-5-11-23(15)2)21-10-8-14-12-22-17-16(14)7-4-9-20-17;/h4-7,9,11-12H,8,10,13H2,1-3H3,(H,19,21)(H,20,22);1H. The molecule has 0 saturated carbocycles. The van der Waals surface area contributed by atoms with Crippen LogP contribution in [0.15, 0.2) is 47.8 Å². The van der Waals surface area contributed by atoms with Gasteiger partial charge in [-0.1, -0.05) is 0 Å². The van der Waals surface area contributed by atoms with Gasteiger partial charge >= 0.3 is 0 Å². The molecule has 0 amide bonds. The van der Waals surface area contributed by atoms with Crippen molar-refractivity contribution in [3.8, 4) is 0 Å². The molecule has 0 saturated heterocycles. The van der Waals surface area contributed by atoms with Crippen LogP contribution in [0.3, 0.4) is 0 Å². The molecule has 0 fully saturated rings. The van der Waals surface area contributed by atoms with Gasteiger partial charge in [-0.05, 0) is 36.2 Å². The van der Waals surface area contributed by atoms with Gasteiger partial charge in [0.2, 0.25) is 0 Å². The van der Waals surface area contributed by atoms with Crippen LogP contribution in [0.1, 0.15) is 11.3 Å². The number of aromatic nitrogens is 3.